The van der Waals surface area contributed by atoms with Gasteiger partial charge in [0.05, 0.1) is 0 Å². The minimum Gasteiger partial charge on any atom is -0.341 e. The second-order valence-corrected chi connectivity index (χ2v) is 3.99. The minimum absolute atomic E-state index is 0.249. The van der Waals surface area contributed by atoms with Gasteiger partial charge in [0.25, 0.3) is 5.91 Å². The minimum atomic E-state index is -0.249. The Bertz CT molecular complexity index is 607. The lowest BCUT2D eigenvalue weighted by molar-refractivity contribution is -0.115. The van der Waals surface area contributed by atoms with Gasteiger partial charge in [0.15, 0.2) is 0 Å². The highest BCUT2D eigenvalue weighted by Crippen LogP contribution is 2.18. The Balaban J connectivity index is 2.02. The molecule has 0 saturated heterocycles. The Morgan fingerprint density at radius 2 is 1.74 bits per heavy atom. The van der Waals surface area contributed by atoms with Crippen LogP contribution in [-0.2, 0) is 11.3 Å². The number of nitrogens with zero attached hydrogens (tertiary/aromatic N) is 1. The van der Waals surface area contributed by atoms with Crippen LogP contribution in [0.3, 0.4) is 0 Å². The lowest BCUT2D eigenvalue weighted by atomic mass is 10.1. The van der Waals surface area contributed by atoms with Crippen molar-refractivity contribution in [1.82, 2.24) is 10.3 Å². The number of hydrogen-bond donors (Lipinski definition) is 1. The van der Waals surface area contributed by atoms with Crippen molar-refractivity contribution in [3.63, 3.8) is 0 Å². The fraction of sp³-hybridized carbons (Fsp3) is 0.125. The van der Waals surface area contributed by atoms with E-state index in [-0.39, 0.29) is 5.91 Å². The van der Waals surface area contributed by atoms with Crippen molar-refractivity contribution in [2.75, 3.05) is 0 Å². The Kier molecular flexibility index (Phi) is 4.30. The van der Waals surface area contributed by atoms with Gasteiger partial charge in [-0.25, -0.2) is 0 Å². The van der Waals surface area contributed by atoms with E-state index >= 15 is 0 Å². The molecule has 1 amide bonds. The molecule has 94 valence electrons. The summed E-state index contributed by atoms with van der Waals surface area (Å²) < 4.78 is 0. The Hall–Kier alpha value is -2.60. The normalized spacial score (nSPS) is 9.32. The van der Waals surface area contributed by atoms with Crippen molar-refractivity contribution < 1.29 is 4.79 Å². The summed E-state index contributed by atoms with van der Waals surface area (Å²) in [7, 11) is 0. The van der Waals surface area contributed by atoms with E-state index in [1.165, 1.54) is 0 Å². The van der Waals surface area contributed by atoms with Crippen LogP contribution in [0.2, 0.25) is 0 Å². The molecule has 3 nitrogen and oxygen atoms in total. The molecular weight excluding hydrogens is 236 g/mol. The third-order valence-electron chi connectivity index (χ3n) is 2.66. The van der Waals surface area contributed by atoms with Crippen LogP contribution in [0.4, 0.5) is 0 Å². The molecule has 0 aliphatic rings. The molecular formula is C16H14N2O. The van der Waals surface area contributed by atoms with E-state index in [0.717, 1.165) is 16.7 Å². The smallest absolute Gasteiger partial charge is 0.296 e. The molecule has 0 fully saturated rings. The molecule has 2 aromatic rings. The van der Waals surface area contributed by atoms with Crippen molar-refractivity contribution in [2.24, 2.45) is 0 Å². The summed E-state index contributed by atoms with van der Waals surface area (Å²) in [6.07, 6.45) is 3.54. The molecule has 0 aliphatic heterocycles. The number of pyridine rings is 1. The van der Waals surface area contributed by atoms with Gasteiger partial charge in [0.2, 0.25) is 0 Å². The van der Waals surface area contributed by atoms with Gasteiger partial charge in [0, 0.05) is 18.9 Å². The Morgan fingerprint density at radius 1 is 1.11 bits per heavy atom. The number of nitrogens with one attached hydrogen (secondary N) is 1. The Morgan fingerprint density at radius 3 is 2.37 bits per heavy atom. The van der Waals surface area contributed by atoms with Crippen LogP contribution in [0.25, 0.3) is 11.1 Å². The predicted octanol–water partition coefficient (Wildman–Crippen LogP) is 2.39. The van der Waals surface area contributed by atoms with E-state index in [2.05, 4.69) is 22.1 Å². The first-order valence-corrected chi connectivity index (χ1v) is 5.99. The topological polar surface area (TPSA) is 42.0 Å². The van der Waals surface area contributed by atoms with Crippen molar-refractivity contribution in [3.05, 3.63) is 54.4 Å². The molecule has 2 rings (SSSR count). The molecule has 0 saturated carbocycles. The molecule has 0 spiro atoms. The van der Waals surface area contributed by atoms with Crippen molar-refractivity contribution >= 4 is 5.91 Å². The number of rotatable bonds is 3. The first-order valence-electron chi connectivity index (χ1n) is 5.99. The Labute approximate surface area is 112 Å². The number of carbonyl (C=O) groups excluding carboxylic acids is 1. The largest absolute Gasteiger partial charge is 0.341 e. The number of aromatic nitrogens is 1. The van der Waals surface area contributed by atoms with E-state index in [1.807, 2.05) is 36.4 Å². The van der Waals surface area contributed by atoms with Crippen LogP contribution in [0, 0.1) is 11.8 Å². The second-order valence-electron chi connectivity index (χ2n) is 3.99. The molecule has 1 aromatic heterocycles. The fourth-order valence-electron chi connectivity index (χ4n) is 1.70. The van der Waals surface area contributed by atoms with Crippen molar-refractivity contribution in [2.45, 2.75) is 13.5 Å². The van der Waals surface area contributed by atoms with Gasteiger partial charge in [0.1, 0.15) is 0 Å². The van der Waals surface area contributed by atoms with E-state index in [9.17, 15) is 4.79 Å². The number of hydrogen-bond acceptors (Lipinski definition) is 2. The fourth-order valence-corrected chi connectivity index (χ4v) is 1.70. The van der Waals surface area contributed by atoms with Gasteiger partial charge < -0.3 is 5.32 Å². The SMILES string of the molecule is CC#CC(=O)NCc1ccc(-c2ccncc2)cc1. The van der Waals surface area contributed by atoms with Crippen LogP contribution in [0.5, 0.6) is 0 Å². The first kappa shape index (κ1) is 12.8. The van der Waals surface area contributed by atoms with Crippen LogP contribution < -0.4 is 5.32 Å². The highest BCUT2D eigenvalue weighted by molar-refractivity contribution is 5.93. The second kappa shape index (κ2) is 6.36. The average Bonchev–Trinajstić information content (AvgIpc) is 2.47. The quantitative estimate of drug-likeness (QED) is 0.850. The van der Waals surface area contributed by atoms with E-state index < -0.39 is 0 Å². The van der Waals surface area contributed by atoms with Gasteiger partial charge >= 0.3 is 0 Å². The number of amides is 1. The van der Waals surface area contributed by atoms with Gasteiger partial charge in [-0.2, -0.15) is 0 Å². The lowest BCUT2D eigenvalue weighted by Crippen LogP contribution is -2.20. The maximum atomic E-state index is 11.2. The van der Waals surface area contributed by atoms with Gasteiger partial charge in [-0.1, -0.05) is 30.2 Å². The molecule has 0 aliphatic carbocycles. The maximum absolute atomic E-state index is 11.2. The highest BCUT2D eigenvalue weighted by Gasteiger charge is 1.99. The molecule has 19 heavy (non-hydrogen) atoms. The number of carbonyl (C=O) groups is 1. The summed E-state index contributed by atoms with van der Waals surface area (Å²) in [5.41, 5.74) is 3.30. The molecule has 0 atom stereocenters. The zero-order valence-corrected chi connectivity index (χ0v) is 10.7. The summed E-state index contributed by atoms with van der Waals surface area (Å²) in [5.74, 6) is 4.76. The summed E-state index contributed by atoms with van der Waals surface area (Å²) >= 11 is 0. The average molecular weight is 250 g/mol. The highest BCUT2D eigenvalue weighted by atomic mass is 16.1. The molecule has 0 unspecified atom stereocenters. The molecule has 1 heterocycles. The molecule has 0 bridgehead atoms. The molecule has 1 N–H and O–H groups in total. The van der Waals surface area contributed by atoms with Gasteiger partial charge in [-0.3, -0.25) is 9.78 Å². The third kappa shape index (κ3) is 3.68. The van der Waals surface area contributed by atoms with Gasteiger partial charge in [-0.05, 0) is 41.7 Å². The van der Waals surface area contributed by atoms with E-state index in [0.29, 0.717) is 6.54 Å². The summed E-state index contributed by atoms with van der Waals surface area (Å²) in [6, 6.07) is 12.0. The summed E-state index contributed by atoms with van der Waals surface area (Å²) in [4.78, 5) is 15.2. The monoisotopic (exact) mass is 250 g/mol. The standard InChI is InChI=1S/C16H14N2O/c1-2-3-16(19)18-12-13-4-6-14(7-5-13)15-8-10-17-11-9-15/h4-11H,12H2,1H3,(H,18,19). The summed E-state index contributed by atoms with van der Waals surface area (Å²) in [5, 5.41) is 2.74. The number of benzene rings is 1. The molecule has 0 radical (unpaired) electrons. The first-order chi connectivity index (χ1) is 9.29. The van der Waals surface area contributed by atoms with E-state index in [1.54, 1.807) is 19.3 Å². The van der Waals surface area contributed by atoms with Crippen LogP contribution >= 0.6 is 0 Å². The maximum Gasteiger partial charge on any atom is 0.296 e. The van der Waals surface area contributed by atoms with Crippen LogP contribution in [-0.4, -0.2) is 10.9 Å². The zero-order valence-electron chi connectivity index (χ0n) is 10.7. The van der Waals surface area contributed by atoms with E-state index in [4.69, 9.17) is 0 Å². The molecule has 1 aromatic carbocycles. The van der Waals surface area contributed by atoms with Crippen molar-refractivity contribution in [1.29, 1.82) is 0 Å². The van der Waals surface area contributed by atoms with Crippen molar-refractivity contribution in [3.8, 4) is 23.0 Å². The van der Waals surface area contributed by atoms with Crippen LogP contribution in [0.15, 0.2) is 48.8 Å². The molecule has 3 heteroatoms. The lowest BCUT2D eigenvalue weighted by Gasteiger charge is -2.04. The zero-order chi connectivity index (χ0) is 13.5. The predicted molar refractivity (Wildman–Crippen MR) is 75.0 cm³/mol. The van der Waals surface area contributed by atoms with Crippen LogP contribution in [0.1, 0.15) is 12.5 Å². The van der Waals surface area contributed by atoms with Gasteiger partial charge in [-0.15, -0.1) is 0 Å². The summed E-state index contributed by atoms with van der Waals surface area (Å²) in [6.45, 7) is 2.13. The third-order valence-corrected chi connectivity index (χ3v) is 2.66.